The van der Waals surface area contributed by atoms with Crippen molar-refractivity contribution in [1.29, 1.82) is 0 Å². The van der Waals surface area contributed by atoms with Gasteiger partial charge in [-0.3, -0.25) is 14.5 Å². The van der Waals surface area contributed by atoms with Gasteiger partial charge in [0.15, 0.2) is 0 Å². The van der Waals surface area contributed by atoms with Crippen LogP contribution in [0.15, 0.2) is 0 Å². The molecule has 1 saturated heterocycles. The molecule has 0 aromatic rings. The first-order chi connectivity index (χ1) is 10.1. The van der Waals surface area contributed by atoms with Crippen molar-refractivity contribution in [3.05, 3.63) is 0 Å². The molecule has 1 aliphatic heterocycles. The van der Waals surface area contributed by atoms with E-state index in [9.17, 15) is 9.59 Å². The second kappa shape index (κ2) is 7.78. The molecule has 2 aliphatic rings. The SMILES string of the molecule is COC(=O)C1CCCCN1CC(=O)NC1CCCCC1C. The monoisotopic (exact) mass is 296 g/mol. The molecule has 1 heterocycles. The Balaban J connectivity index is 1.86. The summed E-state index contributed by atoms with van der Waals surface area (Å²) in [6.45, 7) is 3.32. The number of nitrogens with zero attached hydrogens (tertiary/aromatic N) is 1. The van der Waals surface area contributed by atoms with E-state index in [0.717, 1.165) is 32.2 Å². The standard InChI is InChI=1S/C16H28N2O3/c1-12-7-3-4-8-13(12)17-15(19)11-18-10-6-5-9-14(18)16(20)21-2/h12-14H,3-11H2,1-2H3,(H,17,19). The number of likely N-dealkylation sites (tertiary alicyclic amines) is 1. The van der Waals surface area contributed by atoms with Crippen LogP contribution in [-0.2, 0) is 14.3 Å². The number of amides is 1. The molecule has 3 atom stereocenters. The fraction of sp³-hybridized carbons (Fsp3) is 0.875. The third kappa shape index (κ3) is 4.43. The van der Waals surface area contributed by atoms with Crippen molar-refractivity contribution in [3.8, 4) is 0 Å². The Kier molecular flexibility index (Phi) is 6.03. The number of hydrogen-bond donors (Lipinski definition) is 1. The summed E-state index contributed by atoms with van der Waals surface area (Å²) in [4.78, 5) is 26.1. The largest absolute Gasteiger partial charge is 0.468 e. The number of carbonyl (C=O) groups is 2. The average molecular weight is 296 g/mol. The van der Waals surface area contributed by atoms with E-state index >= 15 is 0 Å². The van der Waals surface area contributed by atoms with E-state index in [0.29, 0.717) is 18.5 Å². The molecule has 2 rings (SSSR count). The molecule has 120 valence electrons. The fourth-order valence-electron chi connectivity index (χ4n) is 3.55. The summed E-state index contributed by atoms with van der Waals surface area (Å²) in [5, 5.41) is 3.16. The Bertz CT molecular complexity index is 373. The van der Waals surface area contributed by atoms with Crippen molar-refractivity contribution in [2.45, 2.75) is 64.0 Å². The van der Waals surface area contributed by atoms with Gasteiger partial charge in [0.05, 0.1) is 13.7 Å². The van der Waals surface area contributed by atoms with Crippen LogP contribution in [0.25, 0.3) is 0 Å². The first-order valence-corrected chi connectivity index (χ1v) is 8.23. The lowest BCUT2D eigenvalue weighted by Gasteiger charge is -2.34. The first-order valence-electron chi connectivity index (χ1n) is 8.23. The van der Waals surface area contributed by atoms with Crippen molar-refractivity contribution in [2.24, 2.45) is 5.92 Å². The summed E-state index contributed by atoms with van der Waals surface area (Å²) < 4.78 is 4.86. The summed E-state index contributed by atoms with van der Waals surface area (Å²) in [5.41, 5.74) is 0. The quantitative estimate of drug-likeness (QED) is 0.802. The van der Waals surface area contributed by atoms with Gasteiger partial charge in [-0.25, -0.2) is 0 Å². The molecule has 0 spiro atoms. The highest BCUT2D eigenvalue weighted by Crippen LogP contribution is 2.24. The first kappa shape index (κ1) is 16.3. The van der Waals surface area contributed by atoms with E-state index < -0.39 is 0 Å². The fourth-order valence-corrected chi connectivity index (χ4v) is 3.55. The lowest BCUT2D eigenvalue weighted by Crippen LogP contribution is -2.51. The molecule has 5 nitrogen and oxygen atoms in total. The third-order valence-corrected chi connectivity index (χ3v) is 4.89. The maximum Gasteiger partial charge on any atom is 0.323 e. The van der Waals surface area contributed by atoms with E-state index in [1.54, 1.807) is 0 Å². The lowest BCUT2D eigenvalue weighted by molar-refractivity contribution is -0.148. The average Bonchev–Trinajstić information content (AvgIpc) is 2.49. The number of rotatable bonds is 4. The van der Waals surface area contributed by atoms with Crippen LogP contribution in [0.5, 0.6) is 0 Å². The Hall–Kier alpha value is -1.10. The summed E-state index contributed by atoms with van der Waals surface area (Å²) >= 11 is 0. The van der Waals surface area contributed by atoms with Gasteiger partial charge in [-0.15, -0.1) is 0 Å². The molecule has 0 bridgehead atoms. The molecule has 3 unspecified atom stereocenters. The number of esters is 1. The minimum atomic E-state index is -0.252. The predicted molar refractivity (Wildman–Crippen MR) is 80.8 cm³/mol. The normalized spacial score (nSPS) is 30.7. The number of carbonyl (C=O) groups excluding carboxylic acids is 2. The second-order valence-corrected chi connectivity index (χ2v) is 6.44. The number of piperidine rings is 1. The zero-order valence-corrected chi connectivity index (χ0v) is 13.3. The van der Waals surface area contributed by atoms with E-state index in [1.165, 1.54) is 26.4 Å². The molecular formula is C16H28N2O3. The number of methoxy groups -OCH3 is 1. The zero-order valence-electron chi connectivity index (χ0n) is 13.3. The van der Waals surface area contributed by atoms with E-state index in [4.69, 9.17) is 4.74 Å². The van der Waals surface area contributed by atoms with Crippen LogP contribution in [0.2, 0.25) is 0 Å². The van der Waals surface area contributed by atoms with Gasteiger partial charge in [-0.2, -0.15) is 0 Å². The van der Waals surface area contributed by atoms with Gasteiger partial charge in [0.25, 0.3) is 0 Å². The van der Waals surface area contributed by atoms with Gasteiger partial charge in [-0.1, -0.05) is 26.2 Å². The third-order valence-electron chi connectivity index (χ3n) is 4.89. The van der Waals surface area contributed by atoms with Crippen LogP contribution in [0.4, 0.5) is 0 Å². The summed E-state index contributed by atoms with van der Waals surface area (Å²) in [6.07, 6.45) is 7.60. The highest BCUT2D eigenvalue weighted by molar-refractivity contribution is 5.80. The van der Waals surface area contributed by atoms with Crippen LogP contribution >= 0.6 is 0 Å². The molecule has 1 aliphatic carbocycles. The smallest absolute Gasteiger partial charge is 0.323 e. The minimum Gasteiger partial charge on any atom is -0.468 e. The number of ether oxygens (including phenoxy) is 1. The van der Waals surface area contributed by atoms with Crippen LogP contribution in [0, 0.1) is 5.92 Å². The molecule has 0 aromatic carbocycles. The van der Waals surface area contributed by atoms with Gasteiger partial charge in [-0.05, 0) is 38.1 Å². The van der Waals surface area contributed by atoms with Gasteiger partial charge in [0.2, 0.25) is 5.91 Å². The number of nitrogens with one attached hydrogen (secondary N) is 1. The number of hydrogen-bond acceptors (Lipinski definition) is 4. The van der Waals surface area contributed by atoms with Crippen molar-refractivity contribution in [2.75, 3.05) is 20.2 Å². The van der Waals surface area contributed by atoms with Crippen molar-refractivity contribution >= 4 is 11.9 Å². The summed E-state index contributed by atoms with van der Waals surface area (Å²) in [6, 6.07) is 0.0471. The van der Waals surface area contributed by atoms with Gasteiger partial charge < -0.3 is 10.1 Å². The Morgan fingerprint density at radius 3 is 2.57 bits per heavy atom. The summed E-state index contributed by atoms with van der Waals surface area (Å²) in [5.74, 6) is 0.388. The molecule has 21 heavy (non-hydrogen) atoms. The molecular weight excluding hydrogens is 268 g/mol. The highest BCUT2D eigenvalue weighted by atomic mass is 16.5. The highest BCUT2D eigenvalue weighted by Gasteiger charge is 2.31. The van der Waals surface area contributed by atoms with E-state index in [1.807, 2.05) is 4.90 Å². The van der Waals surface area contributed by atoms with Gasteiger partial charge in [0.1, 0.15) is 6.04 Å². The Morgan fingerprint density at radius 2 is 1.86 bits per heavy atom. The molecule has 1 N–H and O–H groups in total. The predicted octanol–water partition coefficient (Wildman–Crippen LogP) is 1.71. The Labute approximate surface area is 127 Å². The van der Waals surface area contributed by atoms with Crippen molar-refractivity contribution < 1.29 is 14.3 Å². The topological polar surface area (TPSA) is 58.6 Å². The van der Waals surface area contributed by atoms with Crippen LogP contribution in [0.3, 0.4) is 0 Å². The summed E-state index contributed by atoms with van der Waals surface area (Å²) in [7, 11) is 1.42. The van der Waals surface area contributed by atoms with E-state index in [-0.39, 0.29) is 17.9 Å². The lowest BCUT2D eigenvalue weighted by atomic mass is 9.86. The molecule has 5 heteroatoms. The maximum absolute atomic E-state index is 12.3. The van der Waals surface area contributed by atoms with Crippen LogP contribution < -0.4 is 5.32 Å². The van der Waals surface area contributed by atoms with Crippen LogP contribution in [-0.4, -0.2) is 49.1 Å². The van der Waals surface area contributed by atoms with E-state index in [2.05, 4.69) is 12.2 Å². The van der Waals surface area contributed by atoms with Gasteiger partial charge in [0, 0.05) is 6.04 Å². The zero-order chi connectivity index (χ0) is 15.2. The van der Waals surface area contributed by atoms with Crippen molar-refractivity contribution in [3.63, 3.8) is 0 Å². The maximum atomic E-state index is 12.3. The second-order valence-electron chi connectivity index (χ2n) is 6.44. The van der Waals surface area contributed by atoms with Gasteiger partial charge >= 0.3 is 5.97 Å². The molecule has 1 saturated carbocycles. The molecule has 1 amide bonds. The minimum absolute atomic E-state index is 0.0459. The Morgan fingerprint density at radius 1 is 1.14 bits per heavy atom. The molecule has 0 aromatic heterocycles. The molecule has 2 fully saturated rings. The molecule has 0 radical (unpaired) electrons. The van der Waals surface area contributed by atoms with Crippen molar-refractivity contribution in [1.82, 2.24) is 10.2 Å². The van der Waals surface area contributed by atoms with Crippen LogP contribution in [0.1, 0.15) is 51.9 Å².